The van der Waals surface area contributed by atoms with Crippen LogP contribution in [0.1, 0.15) is 83.9 Å². The fourth-order valence-electron chi connectivity index (χ4n) is 5.33. The van der Waals surface area contributed by atoms with Crippen molar-refractivity contribution in [2.45, 2.75) is 78.3 Å². The van der Waals surface area contributed by atoms with Gasteiger partial charge in [0.2, 0.25) is 5.91 Å². The molecule has 1 aliphatic carbocycles. The molecular formula is C24H35N3O3. The zero-order valence-corrected chi connectivity index (χ0v) is 19.0. The molecule has 0 unspecified atom stereocenters. The first-order valence-corrected chi connectivity index (χ1v) is 11.0. The molecule has 0 bridgehead atoms. The van der Waals surface area contributed by atoms with E-state index in [4.69, 9.17) is 0 Å². The molecular weight excluding hydrogens is 378 g/mol. The van der Waals surface area contributed by atoms with Crippen LogP contribution < -0.4 is 10.6 Å². The van der Waals surface area contributed by atoms with E-state index in [-0.39, 0.29) is 29.8 Å². The Labute approximate surface area is 179 Å². The first kappa shape index (κ1) is 22.3. The van der Waals surface area contributed by atoms with Crippen molar-refractivity contribution < 1.29 is 14.4 Å². The molecule has 1 saturated carbocycles. The van der Waals surface area contributed by atoms with Gasteiger partial charge in [-0.2, -0.15) is 0 Å². The Morgan fingerprint density at radius 1 is 1.13 bits per heavy atom. The molecule has 4 amide bonds. The SMILES string of the molecule is CC(C)c1ccc([C@@H](C)NC(=O)CN2C(=O)N[C@@]3(C[C@H](C)CC(C)(C)C3)C2=O)cc1. The molecule has 3 atom stereocenters. The Morgan fingerprint density at radius 3 is 2.30 bits per heavy atom. The van der Waals surface area contributed by atoms with E-state index in [1.807, 2.05) is 19.1 Å². The molecule has 2 N–H and O–H groups in total. The fourth-order valence-corrected chi connectivity index (χ4v) is 5.33. The summed E-state index contributed by atoms with van der Waals surface area (Å²) in [5.74, 6) is 0.180. The van der Waals surface area contributed by atoms with E-state index in [0.29, 0.717) is 24.7 Å². The Hall–Kier alpha value is -2.37. The average molecular weight is 414 g/mol. The van der Waals surface area contributed by atoms with Gasteiger partial charge in [-0.25, -0.2) is 4.79 Å². The molecule has 164 valence electrons. The van der Waals surface area contributed by atoms with Crippen molar-refractivity contribution in [1.29, 1.82) is 0 Å². The molecule has 3 rings (SSSR count). The van der Waals surface area contributed by atoms with Crippen LogP contribution in [-0.2, 0) is 9.59 Å². The average Bonchev–Trinajstić information content (AvgIpc) is 2.83. The molecule has 1 spiro atoms. The van der Waals surface area contributed by atoms with Crippen molar-refractivity contribution in [2.75, 3.05) is 6.54 Å². The second kappa shape index (κ2) is 8.05. The quantitative estimate of drug-likeness (QED) is 0.713. The van der Waals surface area contributed by atoms with Gasteiger partial charge in [-0.05, 0) is 54.6 Å². The third-order valence-electron chi connectivity index (χ3n) is 6.41. The van der Waals surface area contributed by atoms with Gasteiger partial charge in [0.05, 0.1) is 6.04 Å². The summed E-state index contributed by atoms with van der Waals surface area (Å²) in [4.78, 5) is 39.5. The first-order chi connectivity index (χ1) is 13.9. The maximum absolute atomic E-state index is 13.2. The number of carbonyl (C=O) groups is 3. The number of amides is 4. The van der Waals surface area contributed by atoms with E-state index in [1.54, 1.807) is 0 Å². The summed E-state index contributed by atoms with van der Waals surface area (Å²) in [7, 11) is 0. The molecule has 1 heterocycles. The minimum absolute atomic E-state index is 0.0322. The van der Waals surface area contributed by atoms with Crippen molar-refractivity contribution in [3.8, 4) is 0 Å². The number of nitrogens with zero attached hydrogens (tertiary/aromatic N) is 1. The molecule has 1 aromatic carbocycles. The van der Waals surface area contributed by atoms with E-state index in [2.05, 4.69) is 57.4 Å². The maximum Gasteiger partial charge on any atom is 0.325 e. The van der Waals surface area contributed by atoms with Crippen molar-refractivity contribution in [3.63, 3.8) is 0 Å². The normalized spacial score (nSPS) is 26.8. The van der Waals surface area contributed by atoms with Crippen molar-refractivity contribution >= 4 is 17.8 Å². The Bertz CT molecular complexity index is 831. The van der Waals surface area contributed by atoms with Crippen LogP contribution in [0.3, 0.4) is 0 Å². The van der Waals surface area contributed by atoms with E-state index in [0.717, 1.165) is 16.9 Å². The lowest BCUT2D eigenvalue weighted by Crippen LogP contribution is -2.54. The van der Waals surface area contributed by atoms with Crippen LogP contribution in [0.2, 0.25) is 0 Å². The minimum atomic E-state index is -0.878. The molecule has 6 nitrogen and oxygen atoms in total. The molecule has 0 radical (unpaired) electrons. The standard InChI is InChI=1S/C24H35N3O3/c1-15(2)18-7-9-19(10-8-18)17(4)25-20(28)13-27-21(29)24(26-22(27)30)12-16(3)11-23(5,6)14-24/h7-10,15-17H,11-14H2,1-6H3,(H,25,28)(H,26,30)/t16-,17-,24-/m1/s1. The van der Waals surface area contributed by atoms with Crippen LogP contribution in [0, 0.1) is 11.3 Å². The molecule has 1 aliphatic heterocycles. The van der Waals surface area contributed by atoms with Crippen LogP contribution in [0.4, 0.5) is 4.79 Å². The number of urea groups is 1. The van der Waals surface area contributed by atoms with Crippen molar-refractivity contribution in [2.24, 2.45) is 11.3 Å². The maximum atomic E-state index is 13.2. The van der Waals surface area contributed by atoms with Crippen LogP contribution >= 0.6 is 0 Å². The first-order valence-electron chi connectivity index (χ1n) is 11.0. The monoisotopic (exact) mass is 413 g/mol. The summed E-state index contributed by atoms with van der Waals surface area (Å²) in [5, 5.41) is 5.84. The zero-order chi connectivity index (χ0) is 22.3. The van der Waals surface area contributed by atoms with Gasteiger partial charge in [0.15, 0.2) is 0 Å². The Balaban J connectivity index is 1.65. The highest BCUT2D eigenvalue weighted by Gasteiger charge is 2.56. The van der Waals surface area contributed by atoms with Crippen LogP contribution in [0.15, 0.2) is 24.3 Å². The summed E-state index contributed by atoms with van der Waals surface area (Å²) in [6.07, 6.45) is 2.24. The predicted molar refractivity (Wildman–Crippen MR) is 117 cm³/mol. The summed E-state index contributed by atoms with van der Waals surface area (Å²) >= 11 is 0. The molecule has 0 aromatic heterocycles. The van der Waals surface area contributed by atoms with Gasteiger partial charge in [0.1, 0.15) is 12.1 Å². The van der Waals surface area contributed by atoms with Crippen molar-refractivity contribution in [3.05, 3.63) is 35.4 Å². The van der Waals surface area contributed by atoms with Gasteiger partial charge in [0.25, 0.3) is 5.91 Å². The smallest absolute Gasteiger partial charge is 0.325 e. The molecule has 1 saturated heterocycles. The molecule has 30 heavy (non-hydrogen) atoms. The number of hydrogen-bond acceptors (Lipinski definition) is 3. The molecule has 1 aromatic rings. The highest BCUT2D eigenvalue weighted by molar-refractivity contribution is 6.09. The topological polar surface area (TPSA) is 78.5 Å². The van der Waals surface area contributed by atoms with Gasteiger partial charge in [-0.3, -0.25) is 14.5 Å². The lowest BCUT2D eigenvalue weighted by Gasteiger charge is -2.43. The third kappa shape index (κ3) is 4.52. The van der Waals surface area contributed by atoms with Gasteiger partial charge in [-0.1, -0.05) is 58.9 Å². The number of imide groups is 1. The Kier molecular flexibility index (Phi) is 5.99. The summed E-state index contributed by atoms with van der Waals surface area (Å²) in [6.45, 7) is 12.3. The third-order valence-corrected chi connectivity index (χ3v) is 6.41. The van der Waals surface area contributed by atoms with E-state index < -0.39 is 11.6 Å². The number of benzene rings is 1. The lowest BCUT2D eigenvalue weighted by atomic mass is 9.64. The van der Waals surface area contributed by atoms with Gasteiger partial charge in [0, 0.05) is 0 Å². The summed E-state index contributed by atoms with van der Waals surface area (Å²) in [6, 6.07) is 7.48. The van der Waals surface area contributed by atoms with E-state index >= 15 is 0 Å². The number of rotatable bonds is 5. The van der Waals surface area contributed by atoms with Crippen LogP contribution in [0.5, 0.6) is 0 Å². The van der Waals surface area contributed by atoms with Crippen molar-refractivity contribution in [1.82, 2.24) is 15.5 Å². The second-order valence-corrected chi connectivity index (χ2v) is 10.4. The van der Waals surface area contributed by atoms with Crippen LogP contribution in [0.25, 0.3) is 0 Å². The minimum Gasteiger partial charge on any atom is -0.348 e. The van der Waals surface area contributed by atoms with E-state index in [9.17, 15) is 14.4 Å². The van der Waals surface area contributed by atoms with E-state index in [1.165, 1.54) is 5.56 Å². The fraction of sp³-hybridized carbons (Fsp3) is 0.625. The number of nitrogens with one attached hydrogen (secondary N) is 2. The Morgan fingerprint density at radius 2 is 1.73 bits per heavy atom. The summed E-state index contributed by atoms with van der Waals surface area (Å²) < 4.78 is 0. The lowest BCUT2D eigenvalue weighted by molar-refractivity contribution is -0.137. The van der Waals surface area contributed by atoms with Gasteiger partial charge in [-0.15, -0.1) is 0 Å². The molecule has 2 fully saturated rings. The largest absolute Gasteiger partial charge is 0.348 e. The van der Waals surface area contributed by atoms with Crippen LogP contribution in [-0.4, -0.2) is 34.8 Å². The van der Waals surface area contributed by atoms with Gasteiger partial charge >= 0.3 is 6.03 Å². The van der Waals surface area contributed by atoms with Gasteiger partial charge < -0.3 is 10.6 Å². The highest BCUT2D eigenvalue weighted by atomic mass is 16.2. The summed E-state index contributed by atoms with van der Waals surface area (Å²) in [5.41, 5.74) is 1.32. The number of carbonyl (C=O) groups excluding carboxylic acids is 3. The zero-order valence-electron chi connectivity index (χ0n) is 19.0. The second-order valence-electron chi connectivity index (χ2n) is 10.4. The molecule has 2 aliphatic rings. The predicted octanol–water partition coefficient (Wildman–Crippen LogP) is 4.12. The number of hydrogen-bond donors (Lipinski definition) is 2. The molecule has 6 heteroatoms. The highest BCUT2D eigenvalue weighted by Crippen LogP contribution is 2.46.